The highest BCUT2D eigenvalue weighted by atomic mass is 79.9. The Kier molecular flexibility index (Phi) is 4.18. The molecule has 0 aliphatic heterocycles. The molecule has 0 saturated carbocycles. The molecule has 0 radical (unpaired) electrons. The summed E-state index contributed by atoms with van der Waals surface area (Å²) in [6.45, 7) is 0.811. The monoisotopic (exact) mass is 342 g/mol. The second-order valence-corrected chi connectivity index (χ2v) is 5.59. The van der Waals surface area contributed by atoms with Crippen molar-refractivity contribution in [2.24, 2.45) is 0 Å². The second kappa shape index (κ2) is 6.24. The number of aromatic nitrogens is 1. The van der Waals surface area contributed by atoms with E-state index in [4.69, 9.17) is 4.74 Å². The van der Waals surface area contributed by atoms with Gasteiger partial charge in [0.2, 0.25) is 5.88 Å². The molecule has 0 saturated heterocycles. The number of rotatable bonds is 4. The number of nitrogens with zero attached hydrogens (tertiary/aromatic N) is 1. The normalized spacial score (nSPS) is 10.8. The van der Waals surface area contributed by atoms with E-state index in [1.54, 1.807) is 6.20 Å². The molecule has 1 heterocycles. The molecule has 0 bridgehead atoms. The average molecular weight is 343 g/mol. The van der Waals surface area contributed by atoms with Gasteiger partial charge in [0.1, 0.15) is 5.75 Å². The summed E-state index contributed by atoms with van der Waals surface area (Å²) in [5, 5.41) is 5.22. The van der Waals surface area contributed by atoms with Crippen LogP contribution in [0, 0.1) is 0 Å². The van der Waals surface area contributed by atoms with Gasteiger partial charge < -0.3 is 10.1 Å². The van der Waals surface area contributed by atoms with Gasteiger partial charge in [0.15, 0.2) is 0 Å². The first-order chi connectivity index (χ1) is 10.3. The molecule has 3 aromatic rings. The molecule has 21 heavy (non-hydrogen) atoms. The molecule has 106 valence electrons. The van der Waals surface area contributed by atoms with Crippen LogP contribution in [0.3, 0.4) is 0 Å². The zero-order chi connectivity index (χ0) is 14.7. The highest BCUT2D eigenvalue weighted by molar-refractivity contribution is 9.10. The van der Waals surface area contributed by atoms with Gasteiger partial charge >= 0.3 is 0 Å². The third kappa shape index (κ3) is 3.06. The third-order valence-corrected chi connectivity index (χ3v) is 3.90. The summed E-state index contributed by atoms with van der Waals surface area (Å²) in [7, 11) is 1.93. The van der Waals surface area contributed by atoms with Crippen LogP contribution in [0.2, 0.25) is 0 Å². The molecule has 0 amide bonds. The molecule has 0 spiro atoms. The van der Waals surface area contributed by atoms with Crippen LogP contribution in [-0.4, -0.2) is 12.0 Å². The SMILES string of the molecule is CNCc1cccc(Oc2nccc3c(Br)cccc23)c1. The van der Waals surface area contributed by atoms with Crippen molar-refractivity contribution in [1.82, 2.24) is 10.3 Å². The van der Waals surface area contributed by atoms with Crippen molar-refractivity contribution in [2.45, 2.75) is 6.54 Å². The smallest absolute Gasteiger partial charge is 0.227 e. The topological polar surface area (TPSA) is 34.1 Å². The highest BCUT2D eigenvalue weighted by Gasteiger charge is 2.07. The van der Waals surface area contributed by atoms with E-state index in [2.05, 4.69) is 32.3 Å². The molecule has 0 aliphatic carbocycles. The predicted octanol–water partition coefficient (Wildman–Crippen LogP) is 4.51. The van der Waals surface area contributed by atoms with Gasteiger partial charge in [0.25, 0.3) is 0 Å². The van der Waals surface area contributed by atoms with Crippen LogP contribution >= 0.6 is 15.9 Å². The number of benzene rings is 2. The summed E-state index contributed by atoms with van der Waals surface area (Å²) in [5.41, 5.74) is 1.18. The molecule has 3 nitrogen and oxygen atoms in total. The van der Waals surface area contributed by atoms with E-state index in [1.807, 2.05) is 49.5 Å². The van der Waals surface area contributed by atoms with E-state index in [0.717, 1.165) is 27.5 Å². The van der Waals surface area contributed by atoms with Crippen molar-refractivity contribution < 1.29 is 4.74 Å². The Morgan fingerprint density at radius 1 is 1.10 bits per heavy atom. The highest BCUT2D eigenvalue weighted by Crippen LogP contribution is 2.31. The van der Waals surface area contributed by atoms with Crippen LogP contribution in [0.15, 0.2) is 59.2 Å². The number of nitrogens with one attached hydrogen (secondary N) is 1. The number of hydrogen-bond donors (Lipinski definition) is 1. The summed E-state index contributed by atoms with van der Waals surface area (Å²) < 4.78 is 7.01. The molecule has 4 heteroatoms. The summed E-state index contributed by atoms with van der Waals surface area (Å²) >= 11 is 3.56. The maximum Gasteiger partial charge on any atom is 0.227 e. The fourth-order valence-corrected chi connectivity index (χ4v) is 2.76. The lowest BCUT2D eigenvalue weighted by atomic mass is 10.2. The molecule has 0 aliphatic rings. The summed E-state index contributed by atoms with van der Waals surface area (Å²) in [4.78, 5) is 4.36. The molecule has 0 unspecified atom stereocenters. The van der Waals surface area contributed by atoms with Gasteiger partial charge in [-0.15, -0.1) is 0 Å². The predicted molar refractivity (Wildman–Crippen MR) is 88.7 cm³/mol. The Morgan fingerprint density at radius 2 is 1.95 bits per heavy atom. The fraction of sp³-hybridized carbons (Fsp3) is 0.118. The van der Waals surface area contributed by atoms with Crippen LogP contribution in [0.1, 0.15) is 5.56 Å². The average Bonchev–Trinajstić information content (AvgIpc) is 2.49. The lowest BCUT2D eigenvalue weighted by Gasteiger charge is -2.09. The van der Waals surface area contributed by atoms with Gasteiger partial charge in [-0.05, 0) is 42.9 Å². The van der Waals surface area contributed by atoms with Gasteiger partial charge in [-0.2, -0.15) is 0 Å². The van der Waals surface area contributed by atoms with Crippen molar-refractivity contribution >= 4 is 26.7 Å². The van der Waals surface area contributed by atoms with Gasteiger partial charge in [0, 0.05) is 28.0 Å². The third-order valence-electron chi connectivity index (χ3n) is 3.21. The van der Waals surface area contributed by atoms with Gasteiger partial charge in [-0.1, -0.05) is 34.1 Å². The molecule has 1 N–H and O–H groups in total. The molecule has 2 aromatic carbocycles. The maximum absolute atomic E-state index is 5.97. The van der Waals surface area contributed by atoms with Crippen LogP contribution in [0.25, 0.3) is 10.8 Å². The Labute approximate surface area is 132 Å². The van der Waals surface area contributed by atoms with Crippen LogP contribution in [-0.2, 0) is 6.54 Å². The van der Waals surface area contributed by atoms with Crippen LogP contribution in [0.5, 0.6) is 11.6 Å². The van der Waals surface area contributed by atoms with Crippen molar-refractivity contribution in [3.8, 4) is 11.6 Å². The minimum atomic E-state index is 0.621. The van der Waals surface area contributed by atoms with Crippen molar-refractivity contribution in [3.05, 3.63) is 64.8 Å². The van der Waals surface area contributed by atoms with Crippen LogP contribution < -0.4 is 10.1 Å². The minimum absolute atomic E-state index is 0.621. The van der Waals surface area contributed by atoms with Crippen molar-refractivity contribution in [2.75, 3.05) is 7.05 Å². The van der Waals surface area contributed by atoms with Crippen LogP contribution in [0.4, 0.5) is 0 Å². The number of fused-ring (bicyclic) bond motifs is 1. The quantitative estimate of drug-likeness (QED) is 0.757. The van der Waals surface area contributed by atoms with E-state index in [0.29, 0.717) is 5.88 Å². The lowest BCUT2D eigenvalue weighted by Crippen LogP contribution is -2.04. The number of hydrogen-bond acceptors (Lipinski definition) is 3. The zero-order valence-corrected chi connectivity index (χ0v) is 13.2. The summed E-state index contributed by atoms with van der Waals surface area (Å²) in [5.74, 6) is 1.41. The first-order valence-corrected chi connectivity index (χ1v) is 7.52. The summed E-state index contributed by atoms with van der Waals surface area (Å²) in [6, 6.07) is 16.0. The fourth-order valence-electron chi connectivity index (χ4n) is 2.26. The minimum Gasteiger partial charge on any atom is -0.438 e. The van der Waals surface area contributed by atoms with E-state index < -0.39 is 0 Å². The first kappa shape index (κ1) is 14.0. The van der Waals surface area contributed by atoms with Gasteiger partial charge in [-0.25, -0.2) is 4.98 Å². The Hall–Kier alpha value is -1.91. The summed E-state index contributed by atoms with van der Waals surface area (Å²) in [6.07, 6.45) is 1.76. The molecule has 1 aromatic heterocycles. The van der Waals surface area contributed by atoms with Gasteiger partial charge in [-0.3, -0.25) is 0 Å². The lowest BCUT2D eigenvalue weighted by molar-refractivity contribution is 0.468. The molecule has 0 atom stereocenters. The largest absolute Gasteiger partial charge is 0.438 e. The number of pyridine rings is 1. The zero-order valence-electron chi connectivity index (χ0n) is 11.6. The molecule has 0 fully saturated rings. The standard InChI is InChI=1S/C17H15BrN2O/c1-19-11-12-4-2-5-13(10-12)21-17-15-6-3-7-16(18)14(15)8-9-20-17/h2-10,19H,11H2,1H3. The Balaban J connectivity index is 1.98. The Morgan fingerprint density at radius 3 is 2.81 bits per heavy atom. The van der Waals surface area contributed by atoms with E-state index in [1.165, 1.54) is 5.56 Å². The second-order valence-electron chi connectivity index (χ2n) is 4.73. The van der Waals surface area contributed by atoms with E-state index in [9.17, 15) is 0 Å². The number of halogens is 1. The molecular weight excluding hydrogens is 328 g/mol. The van der Waals surface area contributed by atoms with Crippen molar-refractivity contribution in [3.63, 3.8) is 0 Å². The number of ether oxygens (including phenoxy) is 1. The van der Waals surface area contributed by atoms with Crippen molar-refractivity contribution in [1.29, 1.82) is 0 Å². The van der Waals surface area contributed by atoms with E-state index in [-0.39, 0.29) is 0 Å². The first-order valence-electron chi connectivity index (χ1n) is 6.72. The van der Waals surface area contributed by atoms with Gasteiger partial charge in [0.05, 0.1) is 0 Å². The molecule has 3 rings (SSSR count). The molecular formula is C17H15BrN2O. The van der Waals surface area contributed by atoms with E-state index >= 15 is 0 Å². The Bertz CT molecular complexity index is 774. The maximum atomic E-state index is 5.97.